The summed E-state index contributed by atoms with van der Waals surface area (Å²) in [4.78, 5) is 11.4. The van der Waals surface area contributed by atoms with Crippen LogP contribution in [-0.2, 0) is 15.1 Å². The summed E-state index contributed by atoms with van der Waals surface area (Å²) in [6, 6.07) is 5.34. The Labute approximate surface area is 107 Å². The molecule has 0 spiro atoms. The standard InChI is InChI=1S/C14H19FO3/c1-5-18-13(16)12(15)14(4,17)11-8-9(2)6-7-10(11)3/h6-8,12,17H,5H2,1-4H3. The average molecular weight is 254 g/mol. The van der Waals surface area contributed by atoms with Crippen LogP contribution in [0.1, 0.15) is 30.5 Å². The molecule has 18 heavy (non-hydrogen) atoms. The third-order valence-electron chi connectivity index (χ3n) is 2.93. The molecule has 2 unspecified atom stereocenters. The molecular weight excluding hydrogens is 235 g/mol. The van der Waals surface area contributed by atoms with Gasteiger partial charge in [-0.05, 0) is 38.8 Å². The fourth-order valence-corrected chi connectivity index (χ4v) is 1.86. The molecule has 0 aliphatic rings. The Morgan fingerprint density at radius 1 is 1.50 bits per heavy atom. The zero-order valence-corrected chi connectivity index (χ0v) is 11.2. The first-order chi connectivity index (χ1) is 8.30. The maximum absolute atomic E-state index is 14.0. The van der Waals surface area contributed by atoms with E-state index < -0.39 is 17.7 Å². The molecule has 0 aliphatic heterocycles. The van der Waals surface area contributed by atoms with E-state index in [0.717, 1.165) is 11.1 Å². The van der Waals surface area contributed by atoms with Gasteiger partial charge in [-0.1, -0.05) is 23.8 Å². The van der Waals surface area contributed by atoms with Gasteiger partial charge in [0.25, 0.3) is 0 Å². The molecule has 3 nitrogen and oxygen atoms in total. The summed E-state index contributed by atoms with van der Waals surface area (Å²) in [5.74, 6) is -1.04. The number of carbonyl (C=O) groups excluding carboxylic acids is 1. The molecule has 0 aliphatic carbocycles. The molecule has 0 saturated carbocycles. The van der Waals surface area contributed by atoms with Crippen molar-refractivity contribution in [2.45, 2.75) is 39.5 Å². The molecule has 1 aromatic carbocycles. The molecule has 2 atom stereocenters. The highest BCUT2D eigenvalue weighted by Crippen LogP contribution is 2.30. The van der Waals surface area contributed by atoms with E-state index in [9.17, 15) is 14.3 Å². The number of aryl methyl sites for hydroxylation is 2. The molecule has 1 aromatic rings. The minimum atomic E-state index is -2.10. The molecule has 1 rings (SSSR count). The van der Waals surface area contributed by atoms with Gasteiger partial charge in [0, 0.05) is 0 Å². The van der Waals surface area contributed by atoms with E-state index in [1.807, 2.05) is 13.0 Å². The summed E-state index contributed by atoms with van der Waals surface area (Å²) < 4.78 is 18.6. The molecule has 1 N–H and O–H groups in total. The van der Waals surface area contributed by atoms with Crippen LogP contribution in [0.15, 0.2) is 18.2 Å². The fourth-order valence-electron chi connectivity index (χ4n) is 1.86. The van der Waals surface area contributed by atoms with Gasteiger partial charge in [0.15, 0.2) is 0 Å². The molecule has 0 saturated heterocycles. The van der Waals surface area contributed by atoms with Crippen molar-refractivity contribution in [3.8, 4) is 0 Å². The third kappa shape index (κ3) is 2.88. The largest absolute Gasteiger partial charge is 0.464 e. The molecule has 0 bridgehead atoms. The maximum Gasteiger partial charge on any atom is 0.344 e. The monoisotopic (exact) mass is 254 g/mol. The van der Waals surface area contributed by atoms with Crippen molar-refractivity contribution in [2.75, 3.05) is 6.61 Å². The molecule has 100 valence electrons. The van der Waals surface area contributed by atoms with E-state index in [0.29, 0.717) is 5.56 Å². The van der Waals surface area contributed by atoms with Crippen LogP contribution in [0.3, 0.4) is 0 Å². The molecule has 0 radical (unpaired) electrons. The quantitative estimate of drug-likeness (QED) is 0.839. The van der Waals surface area contributed by atoms with Crippen LogP contribution in [-0.4, -0.2) is 23.9 Å². The number of hydrogen-bond acceptors (Lipinski definition) is 3. The minimum Gasteiger partial charge on any atom is -0.464 e. The average Bonchev–Trinajstić information content (AvgIpc) is 2.31. The summed E-state index contributed by atoms with van der Waals surface area (Å²) >= 11 is 0. The molecule has 0 heterocycles. The number of halogens is 1. The summed E-state index contributed by atoms with van der Waals surface area (Å²) in [6.45, 7) is 6.58. The van der Waals surface area contributed by atoms with Crippen molar-refractivity contribution in [3.63, 3.8) is 0 Å². The Hall–Kier alpha value is -1.42. The highest BCUT2D eigenvalue weighted by Gasteiger charge is 2.41. The number of aliphatic hydroxyl groups is 1. The minimum absolute atomic E-state index is 0.0854. The molecule has 0 amide bonds. The summed E-state index contributed by atoms with van der Waals surface area (Å²) in [5, 5.41) is 10.3. The second kappa shape index (κ2) is 5.48. The van der Waals surface area contributed by atoms with E-state index >= 15 is 0 Å². The molecule has 4 heteroatoms. The van der Waals surface area contributed by atoms with Gasteiger partial charge >= 0.3 is 5.97 Å². The lowest BCUT2D eigenvalue weighted by molar-refractivity contribution is -0.160. The van der Waals surface area contributed by atoms with E-state index in [4.69, 9.17) is 0 Å². The first-order valence-corrected chi connectivity index (χ1v) is 5.91. The van der Waals surface area contributed by atoms with Crippen molar-refractivity contribution in [1.29, 1.82) is 0 Å². The molecule has 0 aromatic heterocycles. The lowest BCUT2D eigenvalue weighted by Crippen LogP contribution is -2.40. The fraction of sp³-hybridized carbons (Fsp3) is 0.500. The SMILES string of the molecule is CCOC(=O)C(F)C(C)(O)c1cc(C)ccc1C. The zero-order chi connectivity index (χ0) is 13.9. The Bertz CT molecular complexity index is 441. The second-order valence-electron chi connectivity index (χ2n) is 4.58. The van der Waals surface area contributed by atoms with Gasteiger partial charge in [0.2, 0.25) is 6.17 Å². The Kier molecular flexibility index (Phi) is 4.46. The van der Waals surface area contributed by atoms with Crippen molar-refractivity contribution in [2.24, 2.45) is 0 Å². The van der Waals surface area contributed by atoms with Crippen molar-refractivity contribution in [3.05, 3.63) is 34.9 Å². The van der Waals surface area contributed by atoms with E-state index in [1.165, 1.54) is 6.92 Å². The first-order valence-electron chi connectivity index (χ1n) is 5.91. The Balaban J connectivity index is 3.11. The zero-order valence-electron chi connectivity index (χ0n) is 11.2. The van der Waals surface area contributed by atoms with Crippen LogP contribution < -0.4 is 0 Å². The normalized spacial score (nSPS) is 15.9. The van der Waals surface area contributed by atoms with Crippen LogP contribution in [0.4, 0.5) is 4.39 Å². The van der Waals surface area contributed by atoms with Crippen molar-refractivity contribution < 1.29 is 19.0 Å². The summed E-state index contributed by atoms with van der Waals surface area (Å²) in [6.07, 6.45) is -2.10. The van der Waals surface area contributed by atoms with Crippen molar-refractivity contribution in [1.82, 2.24) is 0 Å². The number of ether oxygens (including phenoxy) is 1. The third-order valence-corrected chi connectivity index (χ3v) is 2.93. The lowest BCUT2D eigenvalue weighted by atomic mass is 9.87. The van der Waals surface area contributed by atoms with Gasteiger partial charge in [-0.3, -0.25) is 0 Å². The van der Waals surface area contributed by atoms with Crippen LogP contribution >= 0.6 is 0 Å². The number of rotatable bonds is 4. The topological polar surface area (TPSA) is 46.5 Å². The van der Waals surface area contributed by atoms with Gasteiger partial charge in [-0.2, -0.15) is 0 Å². The molecule has 0 fully saturated rings. The first kappa shape index (κ1) is 14.6. The number of alkyl halides is 1. The predicted octanol–water partition coefficient (Wildman–Crippen LogP) is 2.41. The smallest absolute Gasteiger partial charge is 0.344 e. The van der Waals surface area contributed by atoms with Gasteiger partial charge in [0.05, 0.1) is 6.61 Å². The Morgan fingerprint density at radius 3 is 2.67 bits per heavy atom. The van der Waals surface area contributed by atoms with Crippen LogP contribution in [0.2, 0.25) is 0 Å². The van der Waals surface area contributed by atoms with Crippen LogP contribution in [0.25, 0.3) is 0 Å². The van der Waals surface area contributed by atoms with Gasteiger partial charge < -0.3 is 9.84 Å². The second-order valence-corrected chi connectivity index (χ2v) is 4.58. The summed E-state index contributed by atoms with van der Waals surface area (Å²) in [7, 11) is 0. The number of esters is 1. The highest BCUT2D eigenvalue weighted by atomic mass is 19.1. The Morgan fingerprint density at radius 2 is 2.11 bits per heavy atom. The van der Waals surface area contributed by atoms with Gasteiger partial charge in [-0.25, -0.2) is 9.18 Å². The van der Waals surface area contributed by atoms with Crippen LogP contribution in [0.5, 0.6) is 0 Å². The van der Waals surface area contributed by atoms with E-state index in [-0.39, 0.29) is 6.61 Å². The highest BCUT2D eigenvalue weighted by molar-refractivity contribution is 5.76. The van der Waals surface area contributed by atoms with Gasteiger partial charge in [0.1, 0.15) is 5.60 Å². The van der Waals surface area contributed by atoms with E-state index in [2.05, 4.69) is 4.74 Å². The van der Waals surface area contributed by atoms with Crippen LogP contribution in [0, 0.1) is 13.8 Å². The predicted molar refractivity (Wildman–Crippen MR) is 67.0 cm³/mol. The number of benzene rings is 1. The summed E-state index contributed by atoms with van der Waals surface area (Å²) in [5.41, 5.74) is 0.148. The van der Waals surface area contributed by atoms with E-state index in [1.54, 1.807) is 26.0 Å². The molecular formula is C14H19FO3. The number of carbonyl (C=O) groups is 1. The van der Waals surface area contributed by atoms with Crippen molar-refractivity contribution >= 4 is 5.97 Å². The lowest BCUT2D eigenvalue weighted by Gasteiger charge is -2.28. The maximum atomic E-state index is 14.0. The van der Waals surface area contributed by atoms with Gasteiger partial charge in [-0.15, -0.1) is 0 Å². The number of hydrogen-bond donors (Lipinski definition) is 1.